The second-order valence-corrected chi connectivity index (χ2v) is 9.39. The first-order chi connectivity index (χ1) is 17.0. The molecule has 0 radical (unpaired) electrons. The number of aromatic nitrogens is 3. The third kappa shape index (κ3) is 4.87. The summed E-state index contributed by atoms with van der Waals surface area (Å²) in [4.78, 5) is 34.2. The van der Waals surface area contributed by atoms with Crippen molar-refractivity contribution in [3.05, 3.63) is 106 Å². The number of carbonyl (C=O) groups is 1. The number of fused-ring (bicyclic) bond motifs is 1. The minimum Gasteiger partial charge on any atom is -0.355 e. The zero-order valence-corrected chi connectivity index (χ0v) is 20.4. The largest absolute Gasteiger partial charge is 0.355 e. The quantitative estimate of drug-likeness (QED) is 0.219. The van der Waals surface area contributed by atoms with E-state index in [2.05, 4.69) is 10.3 Å². The van der Waals surface area contributed by atoms with Gasteiger partial charge in [0.25, 0.3) is 5.56 Å². The van der Waals surface area contributed by atoms with E-state index in [-0.39, 0.29) is 17.2 Å². The molecule has 5 rings (SSSR count). The average molecular weight is 501 g/mol. The number of carbonyl (C=O) groups excluding carboxylic acids is 1. The molecule has 8 heteroatoms. The molecule has 0 aliphatic heterocycles. The Labute approximate surface area is 211 Å². The molecule has 0 unspecified atom stereocenters. The van der Waals surface area contributed by atoms with Crippen LogP contribution in [0.5, 0.6) is 0 Å². The van der Waals surface area contributed by atoms with Crippen molar-refractivity contribution in [1.29, 1.82) is 0 Å². The van der Waals surface area contributed by atoms with E-state index in [1.807, 2.05) is 61.5 Å². The Kier molecular flexibility index (Phi) is 6.44. The standard InChI is InChI=1S/C27H21ClN4O2S/c1-17-7-11-20(12-8-17)30-23(33)16-35-27-31-24-22(18-5-3-2-4-6-18)15-29-25(24)26(34)32(27)21-13-9-19(28)10-14-21/h2-15,29H,16H2,1H3,(H,30,33). The minimum atomic E-state index is -0.249. The van der Waals surface area contributed by atoms with Crippen molar-refractivity contribution in [1.82, 2.24) is 14.5 Å². The number of hydrogen-bond acceptors (Lipinski definition) is 4. The molecule has 2 N–H and O–H groups in total. The van der Waals surface area contributed by atoms with Crippen LogP contribution in [0.4, 0.5) is 5.69 Å². The van der Waals surface area contributed by atoms with Crippen molar-refractivity contribution >= 4 is 46.0 Å². The average Bonchev–Trinajstić information content (AvgIpc) is 3.30. The molecule has 2 heterocycles. The van der Waals surface area contributed by atoms with Gasteiger partial charge in [-0.25, -0.2) is 4.98 Å². The number of aromatic amines is 1. The SMILES string of the molecule is Cc1ccc(NC(=O)CSc2nc3c(-c4ccccc4)c[nH]c3c(=O)n2-c2ccc(Cl)cc2)cc1. The molecule has 0 saturated carbocycles. The Morgan fingerprint density at radius 1 is 1.03 bits per heavy atom. The van der Waals surface area contributed by atoms with E-state index in [1.165, 1.54) is 16.3 Å². The summed E-state index contributed by atoms with van der Waals surface area (Å²) in [5, 5.41) is 3.87. The Balaban J connectivity index is 1.54. The van der Waals surface area contributed by atoms with Crippen molar-refractivity contribution in [2.24, 2.45) is 0 Å². The van der Waals surface area contributed by atoms with Crippen LogP contribution >= 0.6 is 23.4 Å². The van der Waals surface area contributed by atoms with E-state index >= 15 is 0 Å². The van der Waals surface area contributed by atoms with Crippen LogP contribution in [-0.2, 0) is 4.79 Å². The van der Waals surface area contributed by atoms with Crippen molar-refractivity contribution in [2.45, 2.75) is 12.1 Å². The van der Waals surface area contributed by atoms with Crippen molar-refractivity contribution in [2.75, 3.05) is 11.1 Å². The smallest absolute Gasteiger partial charge is 0.283 e. The van der Waals surface area contributed by atoms with Gasteiger partial charge < -0.3 is 10.3 Å². The molecule has 1 amide bonds. The van der Waals surface area contributed by atoms with Gasteiger partial charge in [0.05, 0.1) is 11.4 Å². The molecular formula is C27H21ClN4O2S. The number of anilines is 1. The molecule has 0 spiro atoms. The molecule has 0 atom stereocenters. The predicted molar refractivity (Wildman–Crippen MR) is 143 cm³/mol. The molecule has 0 aliphatic carbocycles. The lowest BCUT2D eigenvalue weighted by molar-refractivity contribution is -0.113. The van der Waals surface area contributed by atoms with E-state index in [1.54, 1.807) is 30.5 Å². The first kappa shape index (κ1) is 23.0. The van der Waals surface area contributed by atoms with E-state index in [9.17, 15) is 9.59 Å². The first-order valence-corrected chi connectivity index (χ1v) is 12.3. The van der Waals surface area contributed by atoms with Crippen LogP contribution in [0.1, 0.15) is 5.56 Å². The van der Waals surface area contributed by atoms with Crippen LogP contribution < -0.4 is 10.9 Å². The van der Waals surface area contributed by atoms with Gasteiger partial charge >= 0.3 is 0 Å². The van der Waals surface area contributed by atoms with E-state index in [4.69, 9.17) is 16.6 Å². The summed E-state index contributed by atoms with van der Waals surface area (Å²) < 4.78 is 1.51. The lowest BCUT2D eigenvalue weighted by Crippen LogP contribution is -2.23. The maximum atomic E-state index is 13.6. The summed E-state index contributed by atoms with van der Waals surface area (Å²) in [6.45, 7) is 1.99. The van der Waals surface area contributed by atoms with Crippen molar-refractivity contribution in [3.8, 4) is 16.8 Å². The number of hydrogen-bond donors (Lipinski definition) is 2. The molecule has 35 heavy (non-hydrogen) atoms. The zero-order valence-electron chi connectivity index (χ0n) is 18.8. The van der Waals surface area contributed by atoms with Gasteiger partial charge in [0, 0.05) is 22.5 Å². The zero-order chi connectivity index (χ0) is 24.4. The highest BCUT2D eigenvalue weighted by Gasteiger charge is 2.19. The fraction of sp³-hybridized carbons (Fsp3) is 0.0741. The number of halogens is 1. The number of thioether (sulfide) groups is 1. The fourth-order valence-electron chi connectivity index (χ4n) is 3.76. The predicted octanol–water partition coefficient (Wildman–Crippen LogP) is 6.07. The summed E-state index contributed by atoms with van der Waals surface area (Å²) in [5.74, 6) is -0.0990. The van der Waals surface area contributed by atoms with Gasteiger partial charge in [-0.2, -0.15) is 0 Å². The van der Waals surface area contributed by atoms with Crippen LogP contribution in [0, 0.1) is 6.92 Å². The fourth-order valence-corrected chi connectivity index (χ4v) is 4.69. The number of rotatable bonds is 6. The van der Waals surface area contributed by atoms with Gasteiger partial charge in [0.2, 0.25) is 5.91 Å². The molecule has 2 aromatic heterocycles. The maximum Gasteiger partial charge on any atom is 0.283 e. The Morgan fingerprint density at radius 2 is 1.74 bits per heavy atom. The summed E-state index contributed by atoms with van der Waals surface area (Å²) >= 11 is 7.27. The molecule has 0 bridgehead atoms. The number of H-pyrrole nitrogens is 1. The highest BCUT2D eigenvalue weighted by molar-refractivity contribution is 7.99. The number of nitrogens with one attached hydrogen (secondary N) is 2. The van der Waals surface area contributed by atoms with E-state index in [0.717, 1.165) is 22.4 Å². The van der Waals surface area contributed by atoms with Crippen LogP contribution in [0.25, 0.3) is 27.8 Å². The third-order valence-corrected chi connectivity index (χ3v) is 6.70. The lowest BCUT2D eigenvalue weighted by Gasteiger charge is -2.13. The molecule has 0 fully saturated rings. The number of benzene rings is 3. The number of nitrogens with zero attached hydrogens (tertiary/aromatic N) is 2. The van der Waals surface area contributed by atoms with Crippen LogP contribution in [0.2, 0.25) is 5.02 Å². The molecular weight excluding hydrogens is 480 g/mol. The molecule has 3 aromatic carbocycles. The van der Waals surface area contributed by atoms with Gasteiger partial charge in [0.15, 0.2) is 5.16 Å². The molecule has 6 nitrogen and oxygen atoms in total. The normalized spacial score (nSPS) is 11.0. The number of aryl methyl sites for hydroxylation is 1. The molecule has 0 aliphatic rings. The number of amides is 1. The minimum absolute atomic E-state index is 0.0878. The van der Waals surface area contributed by atoms with Crippen LogP contribution in [-0.4, -0.2) is 26.2 Å². The second-order valence-electron chi connectivity index (χ2n) is 8.01. The summed E-state index contributed by atoms with van der Waals surface area (Å²) in [5.41, 5.74) is 4.93. The van der Waals surface area contributed by atoms with Gasteiger partial charge in [-0.05, 0) is 48.9 Å². The van der Waals surface area contributed by atoms with Gasteiger partial charge in [0.1, 0.15) is 11.0 Å². The molecule has 5 aromatic rings. The highest BCUT2D eigenvalue weighted by atomic mass is 35.5. The topological polar surface area (TPSA) is 79.8 Å². The Bertz CT molecular complexity index is 1560. The van der Waals surface area contributed by atoms with Crippen LogP contribution in [0.15, 0.2) is 95.0 Å². The highest BCUT2D eigenvalue weighted by Crippen LogP contribution is 2.29. The Morgan fingerprint density at radius 3 is 2.46 bits per heavy atom. The van der Waals surface area contributed by atoms with E-state index < -0.39 is 0 Å². The van der Waals surface area contributed by atoms with Crippen molar-refractivity contribution in [3.63, 3.8) is 0 Å². The Hall–Kier alpha value is -3.81. The summed E-state index contributed by atoms with van der Waals surface area (Å²) in [7, 11) is 0. The third-order valence-electron chi connectivity index (χ3n) is 5.51. The lowest BCUT2D eigenvalue weighted by atomic mass is 10.1. The van der Waals surface area contributed by atoms with E-state index in [0.29, 0.717) is 26.9 Å². The maximum absolute atomic E-state index is 13.6. The summed E-state index contributed by atoms with van der Waals surface area (Å²) in [6, 6.07) is 24.3. The van der Waals surface area contributed by atoms with Gasteiger partial charge in [-0.1, -0.05) is 71.4 Å². The monoisotopic (exact) mass is 500 g/mol. The molecule has 174 valence electrons. The first-order valence-electron chi connectivity index (χ1n) is 10.9. The van der Waals surface area contributed by atoms with Crippen molar-refractivity contribution < 1.29 is 4.79 Å². The van der Waals surface area contributed by atoms with Gasteiger partial charge in [-0.3, -0.25) is 14.2 Å². The molecule has 0 saturated heterocycles. The second kappa shape index (κ2) is 9.82. The summed E-state index contributed by atoms with van der Waals surface area (Å²) in [6.07, 6.45) is 1.79. The van der Waals surface area contributed by atoms with Crippen LogP contribution in [0.3, 0.4) is 0 Å². The van der Waals surface area contributed by atoms with Gasteiger partial charge in [-0.15, -0.1) is 0 Å².